The first-order valence-corrected chi connectivity index (χ1v) is 9.74. The summed E-state index contributed by atoms with van der Waals surface area (Å²) in [6.45, 7) is 1.56. The van der Waals surface area contributed by atoms with Crippen molar-refractivity contribution in [2.45, 2.75) is 31.5 Å². The number of carbonyl (C=O) groups is 1. The number of hydrogen-bond acceptors (Lipinski definition) is 3. The highest BCUT2D eigenvalue weighted by atomic mass is 19.1. The van der Waals surface area contributed by atoms with Crippen molar-refractivity contribution < 1.29 is 23.0 Å². The van der Waals surface area contributed by atoms with Crippen LogP contribution in [0.25, 0.3) is 0 Å². The van der Waals surface area contributed by atoms with Crippen molar-refractivity contribution in [2.24, 2.45) is 5.92 Å². The van der Waals surface area contributed by atoms with Gasteiger partial charge in [-0.15, -0.1) is 0 Å². The van der Waals surface area contributed by atoms with Gasteiger partial charge in [0.15, 0.2) is 0 Å². The van der Waals surface area contributed by atoms with Crippen molar-refractivity contribution >= 4 is 11.6 Å². The molecule has 0 atom stereocenters. The third kappa shape index (κ3) is 2.91. The monoisotopic (exact) mass is 385 g/mol. The minimum Gasteiger partial charge on any atom is -0.338 e. The lowest BCUT2D eigenvalue weighted by atomic mass is 9.98. The summed E-state index contributed by atoms with van der Waals surface area (Å²) in [6.07, 6.45) is 3.22. The lowest BCUT2D eigenvalue weighted by molar-refractivity contribution is -0.256. The van der Waals surface area contributed by atoms with E-state index in [1.165, 1.54) is 6.07 Å². The van der Waals surface area contributed by atoms with Crippen LogP contribution in [0.3, 0.4) is 0 Å². The first-order valence-electron chi connectivity index (χ1n) is 9.74. The van der Waals surface area contributed by atoms with E-state index in [0.29, 0.717) is 31.2 Å². The molecule has 1 saturated carbocycles. The van der Waals surface area contributed by atoms with Crippen molar-refractivity contribution in [2.75, 3.05) is 24.7 Å². The standard InChI is InChI=1S/C22H21F2NO3/c23-17-5-6-19(24)16(12-17)10-15-4-7-20-18(11-15)22(27-8-1-9-28-22)21(26)25(20)13-14-2-3-14/h4-7,11-12,14H,1-3,8-10,13H2. The summed E-state index contributed by atoms with van der Waals surface area (Å²) in [5.74, 6) is -1.98. The highest BCUT2D eigenvalue weighted by Crippen LogP contribution is 2.47. The molecule has 1 spiro atoms. The predicted molar refractivity (Wildman–Crippen MR) is 98.9 cm³/mol. The highest BCUT2D eigenvalue weighted by molar-refractivity contribution is 6.06. The fourth-order valence-electron chi connectivity index (χ4n) is 4.04. The quantitative estimate of drug-likeness (QED) is 0.801. The minimum atomic E-state index is -1.40. The zero-order valence-electron chi connectivity index (χ0n) is 15.4. The van der Waals surface area contributed by atoms with Gasteiger partial charge in [-0.1, -0.05) is 6.07 Å². The fraction of sp³-hybridized carbons (Fsp3) is 0.409. The normalized spacial score (nSPS) is 20.6. The van der Waals surface area contributed by atoms with Crippen molar-refractivity contribution in [3.63, 3.8) is 0 Å². The summed E-state index contributed by atoms with van der Waals surface area (Å²) in [5.41, 5.74) is 2.52. The third-order valence-corrected chi connectivity index (χ3v) is 5.67. The number of benzene rings is 2. The van der Waals surface area contributed by atoms with Crippen LogP contribution < -0.4 is 4.90 Å². The zero-order valence-corrected chi connectivity index (χ0v) is 15.4. The molecular weight excluding hydrogens is 364 g/mol. The van der Waals surface area contributed by atoms with Crippen LogP contribution in [0.15, 0.2) is 36.4 Å². The van der Waals surface area contributed by atoms with Crippen molar-refractivity contribution in [3.05, 3.63) is 64.7 Å². The van der Waals surface area contributed by atoms with E-state index in [1.54, 1.807) is 4.90 Å². The Balaban J connectivity index is 1.54. The first kappa shape index (κ1) is 17.8. The van der Waals surface area contributed by atoms with Crippen LogP contribution in [0.1, 0.15) is 36.0 Å². The molecule has 1 saturated heterocycles. The molecule has 0 radical (unpaired) electrons. The molecule has 28 heavy (non-hydrogen) atoms. The Morgan fingerprint density at radius 1 is 1.07 bits per heavy atom. The number of amides is 1. The number of halogens is 2. The summed E-state index contributed by atoms with van der Waals surface area (Å²) in [7, 11) is 0. The van der Waals surface area contributed by atoms with Gasteiger partial charge in [-0.25, -0.2) is 8.78 Å². The maximum Gasteiger partial charge on any atom is 0.292 e. The van der Waals surface area contributed by atoms with E-state index < -0.39 is 17.4 Å². The van der Waals surface area contributed by atoms with E-state index in [0.717, 1.165) is 42.6 Å². The van der Waals surface area contributed by atoms with Gasteiger partial charge < -0.3 is 14.4 Å². The van der Waals surface area contributed by atoms with Gasteiger partial charge in [0, 0.05) is 18.5 Å². The van der Waals surface area contributed by atoms with E-state index in [-0.39, 0.29) is 17.9 Å². The van der Waals surface area contributed by atoms with Crippen LogP contribution in [-0.2, 0) is 26.5 Å². The molecule has 0 unspecified atom stereocenters. The number of nitrogens with zero attached hydrogens (tertiary/aromatic N) is 1. The summed E-state index contributed by atoms with van der Waals surface area (Å²) < 4.78 is 39.4. The van der Waals surface area contributed by atoms with E-state index in [4.69, 9.17) is 9.47 Å². The number of fused-ring (bicyclic) bond motifs is 2. The first-order chi connectivity index (χ1) is 13.6. The van der Waals surface area contributed by atoms with Gasteiger partial charge in [0.1, 0.15) is 11.6 Å². The minimum absolute atomic E-state index is 0.178. The van der Waals surface area contributed by atoms with Gasteiger partial charge in [-0.05, 0) is 66.6 Å². The van der Waals surface area contributed by atoms with Crippen molar-refractivity contribution in [1.82, 2.24) is 0 Å². The topological polar surface area (TPSA) is 38.8 Å². The fourth-order valence-corrected chi connectivity index (χ4v) is 4.04. The van der Waals surface area contributed by atoms with Gasteiger partial charge in [0.25, 0.3) is 11.7 Å². The van der Waals surface area contributed by atoms with E-state index in [9.17, 15) is 13.6 Å². The van der Waals surface area contributed by atoms with Gasteiger partial charge in [-0.2, -0.15) is 0 Å². The molecule has 0 N–H and O–H groups in total. The van der Waals surface area contributed by atoms with Crippen LogP contribution in [0.5, 0.6) is 0 Å². The van der Waals surface area contributed by atoms with Gasteiger partial charge in [0.2, 0.25) is 0 Å². The molecule has 6 heteroatoms. The number of anilines is 1. The Kier molecular flexibility index (Phi) is 4.21. The van der Waals surface area contributed by atoms with Crippen LogP contribution in [0.4, 0.5) is 14.5 Å². The van der Waals surface area contributed by atoms with E-state index >= 15 is 0 Å². The van der Waals surface area contributed by atoms with Gasteiger partial charge >= 0.3 is 0 Å². The molecule has 2 fully saturated rings. The average molecular weight is 385 g/mol. The lowest BCUT2D eigenvalue weighted by Crippen LogP contribution is -2.47. The largest absolute Gasteiger partial charge is 0.338 e. The van der Waals surface area contributed by atoms with Crippen LogP contribution in [0, 0.1) is 17.6 Å². The molecule has 2 aliphatic heterocycles. The highest BCUT2D eigenvalue weighted by Gasteiger charge is 2.55. The second-order valence-corrected chi connectivity index (χ2v) is 7.79. The Bertz CT molecular complexity index is 935. The summed E-state index contributed by atoms with van der Waals surface area (Å²) in [5, 5.41) is 0. The summed E-state index contributed by atoms with van der Waals surface area (Å²) in [4.78, 5) is 15.0. The Labute approximate surface area is 162 Å². The number of carbonyl (C=O) groups excluding carboxylic acids is 1. The van der Waals surface area contributed by atoms with Crippen LogP contribution in [0.2, 0.25) is 0 Å². The SMILES string of the molecule is O=C1N(CC2CC2)c2ccc(Cc3cc(F)ccc3F)cc2C12OCCCO2. The molecule has 2 aromatic rings. The molecule has 146 valence electrons. The Morgan fingerprint density at radius 2 is 1.86 bits per heavy atom. The molecule has 0 bridgehead atoms. The Hall–Kier alpha value is -2.31. The zero-order chi connectivity index (χ0) is 19.3. The second kappa shape index (κ2) is 6.64. The molecule has 1 amide bonds. The number of hydrogen-bond donors (Lipinski definition) is 0. The third-order valence-electron chi connectivity index (χ3n) is 5.67. The molecular formula is C22H21F2NO3. The maximum atomic E-state index is 14.1. The van der Waals surface area contributed by atoms with Crippen molar-refractivity contribution in [3.8, 4) is 0 Å². The average Bonchev–Trinajstić information content (AvgIpc) is 3.50. The number of ether oxygens (including phenoxy) is 2. The summed E-state index contributed by atoms with van der Waals surface area (Å²) >= 11 is 0. The molecule has 3 aliphatic rings. The van der Waals surface area contributed by atoms with Gasteiger partial charge in [0.05, 0.1) is 18.9 Å². The van der Waals surface area contributed by atoms with E-state index in [2.05, 4.69) is 0 Å². The van der Waals surface area contributed by atoms with Crippen LogP contribution >= 0.6 is 0 Å². The molecule has 4 nitrogen and oxygen atoms in total. The molecule has 2 aromatic carbocycles. The van der Waals surface area contributed by atoms with Gasteiger partial charge in [-0.3, -0.25) is 4.79 Å². The number of rotatable bonds is 4. The van der Waals surface area contributed by atoms with E-state index in [1.807, 2.05) is 18.2 Å². The van der Waals surface area contributed by atoms with Crippen LogP contribution in [-0.4, -0.2) is 25.7 Å². The molecule has 5 rings (SSSR count). The summed E-state index contributed by atoms with van der Waals surface area (Å²) in [6, 6.07) is 9.02. The van der Waals surface area contributed by atoms with Crippen molar-refractivity contribution in [1.29, 1.82) is 0 Å². The lowest BCUT2D eigenvalue weighted by Gasteiger charge is -2.32. The molecule has 0 aromatic heterocycles. The maximum absolute atomic E-state index is 14.1. The Morgan fingerprint density at radius 3 is 2.61 bits per heavy atom. The molecule has 1 aliphatic carbocycles. The second-order valence-electron chi connectivity index (χ2n) is 7.79. The predicted octanol–water partition coefficient (Wildman–Crippen LogP) is 3.90. The molecule has 2 heterocycles. The smallest absolute Gasteiger partial charge is 0.292 e.